The molecule has 1 aromatic carbocycles. The molecular formula is C16H24N2O. The highest BCUT2D eigenvalue weighted by atomic mass is 16.2. The predicted molar refractivity (Wildman–Crippen MR) is 78.1 cm³/mol. The van der Waals surface area contributed by atoms with E-state index < -0.39 is 0 Å². The third kappa shape index (κ3) is 2.98. The zero-order valence-corrected chi connectivity index (χ0v) is 11.9. The smallest absolute Gasteiger partial charge is 0.254 e. The zero-order chi connectivity index (χ0) is 13.8. The van der Waals surface area contributed by atoms with Crippen molar-refractivity contribution in [3.8, 4) is 0 Å². The number of hydrogen-bond acceptors (Lipinski definition) is 2. The van der Waals surface area contributed by atoms with Crippen LogP contribution in [0.25, 0.3) is 0 Å². The van der Waals surface area contributed by atoms with Crippen LogP contribution in [0, 0.1) is 0 Å². The Bertz CT molecular complexity index is 427. The zero-order valence-electron chi connectivity index (χ0n) is 11.9. The van der Waals surface area contributed by atoms with Crippen LogP contribution >= 0.6 is 0 Å². The van der Waals surface area contributed by atoms with Gasteiger partial charge in [-0.2, -0.15) is 0 Å². The molecule has 2 N–H and O–H groups in total. The second kappa shape index (κ2) is 6.20. The van der Waals surface area contributed by atoms with Crippen LogP contribution < -0.4 is 5.73 Å². The minimum Gasteiger partial charge on any atom is -0.333 e. The van der Waals surface area contributed by atoms with Gasteiger partial charge in [-0.3, -0.25) is 4.79 Å². The maximum Gasteiger partial charge on any atom is 0.254 e. The molecule has 1 aliphatic heterocycles. The van der Waals surface area contributed by atoms with Crippen LogP contribution in [-0.2, 0) is 6.42 Å². The first-order chi connectivity index (χ1) is 9.17. The van der Waals surface area contributed by atoms with E-state index >= 15 is 0 Å². The lowest BCUT2D eigenvalue weighted by molar-refractivity contribution is 0.0676. The van der Waals surface area contributed by atoms with Crippen molar-refractivity contribution in [1.29, 1.82) is 0 Å². The minimum absolute atomic E-state index is 0.177. The molecule has 19 heavy (non-hydrogen) atoms. The number of benzene rings is 1. The Labute approximate surface area is 115 Å². The lowest BCUT2D eigenvalue weighted by Crippen LogP contribution is -2.39. The summed E-state index contributed by atoms with van der Waals surface area (Å²) in [5.74, 6) is 0.177. The molecule has 2 unspecified atom stereocenters. The molecule has 0 saturated carbocycles. The Morgan fingerprint density at radius 1 is 1.32 bits per heavy atom. The van der Waals surface area contributed by atoms with Crippen LogP contribution in [0.3, 0.4) is 0 Å². The van der Waals surface area contributed by atoms with Gasteiger partial charge in [0.05, 0.1) is 0 Å². The van der Waals surface area contributed by atoms with E-state index in [1.165, 1.54) is 5.56 Å². The summed E-state index contributed by atoms with van der Waals surface area (Å²) in [4.78, 5) is 14.7. The molecule has 0 aromatic heterocycles. The van der Waals surface area contributed by atoms with Gasteiger partial charge in [0.1, 0.15) is 0 Å². The molecule has 3 nitrogen and oxygen atoms in total. The molecule has 3 heteroatoms. The van der Waals surface area contributed by atoms with E-state index in [9.17, 15) is 4.79 Å². The van der Waals surface area contributed by atoms with Crippen molar-refractivity contribution in [2.45, 2.75) is 51.6 Å². The van der Waals surface area contributed by atoms with Gasteiger partial charge in [-0.1, -0.05) is 19.1 Å². The summed E-state index contributed by atoms with van der Waals surface area (Å²) in [5, 5.41) is 0. The van der Waals surface area contributed by atoms with Gasteiger partial charge in [0.15, 0.2) is 0 Å². The maximum absolute atomic E-state index is 12.6. The summed E-state index contributed by atoms with van der Waals surface area (Å²) in [7, 11) is 0. The second-order valence-corrected chi connectivity index (χ2v) is 5.44. The second-order valence-electron chi connectivity index (χ2n) is 5.44. The average Bonchev–Trinajstić information content (AvgIpc) is 2.80. The molecule has 2 atom stereocenters. The molecule has 1 heterocycles. The molecule has 0 bridgehead atoms. The Morgan fingerprint density at radius 2 is 2.00 bits per heavy atom. The Kier molecular flexibility index (Phi) is 4.59. The third-order valence-corrected chi connectivity index (χ3v) is 4.13. The van der Waals surface area contributed by atoms with Crippen molar-refractivity contribution >= 4 is 5.91 Å². The fourth-order valence-electron chi connectivity index (χ4n) is 2.97. The summed E-state index contributed by atoms with van der Waals surface area (Å²) in [6, 6.07) is 8.67. The van der Waals surface area contributed by atoms with Gasteiger partial charge in [0.2, 0.25) is 0 Å². The molecule has 1 aliphatic rings. The summed E-state index contributed by atoms with van der Waals surface area (Å²) < 4.78 is 0. The predicted octanol–water partition coefficient (Wildman–Crippen LogP) is 2.59. The quantitative estimate of drug-likeness (QED) is 0.904. The first-order valence-electron chi connectivity index (χ1n) is 7.29. The largest absolute Gasteiger partial charge is 0.333 e. The molecule has 0 aliphatic carbocycles. The molecule has 0 spiro atoms. The molecule has 104 valence electrons. The van der Waals surface area contributed by atoms with Crippen LogP contribution in [0.4, 0.5) is 0 Å². The first kappa shape index (κ1) is 14.1. The van der Waals surface area contributed by atoms with E-state index in [1.54, 1.807) is 0 Å². The normalized spacial score (nSPS) is 22.8. The first-order valence-corrected chi connectivity index (χ1v) is 7.29. The van der Waals surface area contributed by atoms with Gasteiger partial charge in [0.25, 0.3) is 5.91 Å². The van der Waals surface area contributed by atoms with E-state index in [2.05, 4.69) is 18.7 Å². The highest BCUT2D eigenvalue weighted by Gasteiger charge is 2.33. The summed E-state index contributed by atoms with van der Waals surface area (Å²) >= 11 is 0. The third-order valence-electron chi connectivity index (χ3n) is 4.13. The monoisotopic (exact) mass is 260 g/mol. The average molecular weight is 260 g/mol. The van der Waals surface area contributed by atoms with Gasteiger partial charge in [-0.05, 0) is 56.8 Å². The van der Waals surface area contributed by atoms with E-state index in [0.717, 1.165) is 31.2 Å². The summed E-state index contributed by atoms with van der Waals surface area (Å²) in [6.07, 6.45) is 4.16. The van der Waals surface area contributed by atoms with Crippen molar-refractivity contribution in [1.82, 2.24) is 4.90 Å². The number of hydrogen-bond donors (Lipinski definition) is 1. The molecule has 1 amide bonds. The van der Waals surface area contributed by atoms with Crippen LogP contribution in [0.1, 0.15) is 49.0 Å². The lowest BCUT2D eigenvalue weighted by atomic mass is 10.1. The van der Waals surface area contributed by atoms with E-state index in [0.29, 0.717) is 18.6 Å². The van der Waals surface area contributed by atoms with Crippen LogP contribution in [0.15, 0.2) is 24.3 Å². The molecule has 1 saturated heterocycles. The highest BCUT2D eigenvalue weighted by Crippen LogP contribution is 2.27. The minimum atomic E-state index is 0.177. The van der Waals surface area contributed by atoms with Crippen molar-refractivity contribution < 1.29 is 4.79 Å². The van der Waals surface area contributed by atoms with Gasteiger partial charge in [-0.15, -0.1) is 0 Å². The summed E-state index contributed by atoms with van der Waals surface area (Å²) in [6.45, 7) is 4.96. The van der Waals surface area contributed by atoms with Crippen LogP contribution in [-0.4, -0.2) is 29.4 Å². The van der Waals surface area contributed by atoms with Crippen LogP contribution in [0.2, 0.25) is 0 Å². The van der Waals surface area contributed by atoms with Crippen molar-refractivity contribution in [2.75, 3.05) is 6.54 Å². The number of carbonyl (C=O) groups is 1. The van der Waals surface area contributed by atoms with E-state index in [4.69, 9.17) is 5.73 Å². The molecule has 1 aromatic rings. The van der Waals surface area contributed by atoms with Crippen molar-refractivity contribution in [3.63, 3.8) is 0 Å². The molecular weight excluding hydrogens is 236 g/mol. The topological polar surface area (TPSA) is 46.3 Å². The number of rotatable bonds is 4. The van der Waals surface area contributed by atoms with Crippen molar-refractivity contribution in [3.05, 3.63) is 35.4 Å². The summed E-state index contributed by atoms with van der Waals surface area (Å²) in [5.41, 5.74) is 7.53. The number of carbonyl (C=O) groups excluding carboxylic acids is 1. The Hall–Kier alpha value is -1.35. The standard InChI is InChI=1S/C16H24N2O/c1-3-15-9-4-12(2)18(15)16(19)14-7-5-13(6-8-14)10-11-17/h5-8,12,15H,3-4,9-11,17H2,1-2H3. The lowest BCUT2D eigenvalue weighted by Gasteiger charge is -2.28. The number of nitrogens with two attached hydrogens (primary N) is 1. The van der Waals surface area contributed by atoms with Gasteiger partial charge in [-0.25, -0.2) is 0 Å². The number of nitrogens with zero attached hydrogens (tertiary/aromatic N) is 1. The van der Waals surface area contributed by atoms with Gasteiger partial charge in [0, 0.05) is 17.6 Å². The fourth-order valence-corrected chi connectivity index (χ4v) is 2.97. The van der Waals surface area contributed by atoms with Gasteiger partial charge < -0.3 is 10.6 Å². The fraction of sp³-hybridized carbons (Fsp3) is 0.562. The van der Waals surface area contributed by atoms with E-state index in [1.807, 2.05) is 24.3 Å². The van der Waals surface area contributed by atoms with Crippen LogP contribution in [0.5, 0.6) is 0 Å². The number of likely N-dealkylation sites (tertiary alicyclic amines) is 1. The maximum atomic E-state index is 12.6. The number of amides is 1. The Balaban J connectivity index is 2.14. The SMILES string of the molecule is CCC1CCC(C)N1C(=O)c1ccc(CCN)cc1. The Morgan fingerprint density at radius 3 is 2.58 bits per heavy atom. The molecule has 1 fully saturated rings. The van der Waals surface area contributed by atoms with E-state index in [-0.39, 0.29) is 5.91 Å². The van der Waals surface area contributed by atoms with Crippen molar-refractivity contribution in [2.24, 2.45) is 5.73 Å². The van der Waals surface area contributed by atoms with Gasteiger partial charge >= 0.3 is 0 Å². The molecule has 2 rings (SSSR count). The highest BCUT2D eigenvalue weighted by molar-refractivity contribution is 5.94. The molecule has 0 radical (unpaired) electrons.